The van der Waals surface area contributed by atoms with E-state index >= 15 is 0 Å². The third-order valence-corrected chi connectivity index (χ3v) is 5.29. The molecule has 0 saturated carbocycles. The molecule has 146 valence electrons. The first-order valence-corrected chi connectivity index (χ1v) is 9.91. The number of anilines is 1. The summed E-state index contributed by atoms with van der Waals surface area (Å²) in [4.78, 5) is 12.6. The number of carbonyl (C=O) groups excluding carboxylic acids is 1. The van der Waals surface area contributed by atoms with Crippen molar-refractivity contribution in [3.8, 4) is 5.69 Å². The topological polar surface area (TPSA) is 46.9 Å². The number of halogens is 2. The van der Waals surface area contributed by atoms with Crippen LogP contribution in [0.1, 0.15) is 49.3 Å². The van der Waals surface area contributed by atoms with Gasteiger partial charge in [-0.15, -0.1) is 5.10 Å². The standard InChI is InChI=1S/C22H23Cl2N3O/c1-5-16-13-20(26-27(16)17-10-11-18(23)19(24)12-17)25-21(28)14-6-8-15(9-7-14)22(2,3)4/h6-13H,5H2,1-4H3,(H,25,26,28). The van der Waals surface area contributed by atoms with Gasteiger partial charge in [-0.05, 0) is 47.7 Å². The van der Waals surface area contributed by atoms with E-state index in [0.29, 0.717) is 21.4 Å². The molecule has 3 aromatic rings. The van der Waals surface area contributed by atoms with Crippen molar-refractivity contribution in [2.45, 2.75) is 39.5 Å². The van der Waals surface area contributed by atoms with Crippen molar-refractivity contribution in [1.82, 2.24) is 9.78 Å². The van der Waals surface area contributed by atoms with Gasteiger partial charge in [0.15, 0.2) is 5.82 Å². The second-order valence-corrected chi connectivity index (χ2v) is 8.48. The Morgan fingerprint density at radius 2 is 1.71 bits per heavy atom. The highest BCUT2D eigenvalue weighted by atomic mass is 35.5. The van der Waals surface area contributed by atoms with Crippen LogP contribution in [0.5, 0.6) is 0 Å². The van der Waals surface area contributed by atoms with E-state index in [1.807, 2.05) is 43.3 Å². The molecular weight excluding hydrogens is 393 g/mol. The van der Waals surface area contributed by atoms with Crippen LogP contribution in [0, 0.1) is 0 Å². The van der Waals surface area contributed by atoms with Gasteiger partial charge in [-0.25, -0.2) is 4.68 Å². The summed E-state index contributed by atoms with van der Waals surface area (Å²) in [6.07, 6.45) is 0.753. The van der Waals surface area contributed by atoms with Gasteiger partial charge >= 0.3 is 0 Å². The maximum Gasteiger partial charge on any atom is 0.256 e. The van der Waals surface area contributed by atoms with Crippen LogP contribution >= 0.6 is 23.2 Å². The predicted octanol–water partition coefficient (Wildman–Crippen LogP) is 6.29. The quantitative estimate of drug-likeness (QED) is 0.543. The number of hydrogen-bond donors (Lipinski definition) is 1. The molecule has 0 radical (unpaired) electrons. The van der Waals surface area contributed by atoms with E-state index in [2.05, 4.69) is 31.2 Å². The van der Waals surface area contributed by atoms with Crippen molar-refractivity contribution in [1.29, 1.82) is 0 Å². The summed E-state index contributed by atoms with van der Waals surface area (Å²) in [5, 5.41) is 8.35. The Bertz CT molecular complexity index is 1000. The molecule has 1 aromatic heterocycles. The van der Waals surface area contributed by atoms with Crippen molar-refractivity contribution in [2.24, 2.45) is 0 Å². The third-order valence-electron chi connectivity index (χ3n) is 4.55. The Morgan fingerprint density at radius 1 is 1.04 bits per heavy atom. The molecule has 1 amide bonds. The van der Waals surface area contributed by atoms with Crippen LogP contribution < -0.4 is 5.32 Å². The SMILES string of the molecule is CCc1cc(NC(=O)c2ccc(C(C)(C)C)cc2)nn1-c1ccc(Cl)c(Cl)c1. The Balaban J connectivity index is 1.83. The average molecular weight is 416 g/mol. The fourth-order valence-corrected chi connectivity index (χ4v) is 3.18. The predicted molar refractivity (Wildman–Crippen MR) is 116 cm³/mol. The van der Waals surface area contributed by atoms with Crippen molar-refractivity contribution in [2.75, 3.05) is 5.32 Å². The molecule has 0 atom stereocenters. The molecule has 1 heterocycles. The molecule has 0 aliphatic heterocycles. The highest BCUT2D eigenvalue weighted by molar-refractivity contribution is 6.42. The first-order chi connectivity index (χ1) is 13.2. The molecule has 4 nitrogen and oxygen atoms in total. The van der Waals surface area contributed by atoms with E-state index in [-0.39, 0.29) is 11.3 Å². The van der Waals surface area contributed by atoms with Crippen LogP contribution in [0.2, 0.25) is 10.0 Å². The molecule has 0 fully saturated rings. The molecule has 0 aliphatic rings. The highest BCUT2D eigenvalue weighted by Gasteiger charge is 2.16. The van der Waals surface area contributed by atoms with Gasteiger partial charge in [0.2, 0.25) is 0 Å². The summed E-state index contributed by atoms with van der Waals surface area (Å²) >= 11 is 12.1. The van der Waals surface area contributed by atoms with Crippen molar-refractivity contribution >= 4 is 34.9 Å². The lowest BCUT2D eigenvalue weighted by atomic mass is 9.87. The van der Waals surface area contributed by atoms with Crippen LogP contribution in [0.15, 0.2) is 48.5 Å². The number of aryl methyl sites for hydroxylation is 1. The van der Waals surface area contributed by atoms with Gasteiger partial charge in [0.25, 0.3) is 5.91 Å². The van der Waals surface area contributed by atoms with Crippen molar-refractivity contribution in [3.05, 3.63) is 75.4 Å². The van der Waals surface area contributed by atoms with E-state index in [9.17, 15) is 4.79 Å². The Kier molecular flexibility index (Phi) is 5.82. The van der Waals surface area contributed by atoms with E-state index in [1.54, 1.807) is 16.8 Å². The van der Waals surface area contributed by atoms with Crippen molar-refractivity contribution < 1.29 is 4.79 Å². The monoisotopic (exact) mass is 415 g/mol. The zero-order valence-electron chi connectivity index (χ0n) is 16.4. The number of nitrogens with zero attached hydrogens (tertiary/aromatic N) is 2. The van der Waals surface area contributed by atoms with Crippen LogP contribution in [0.3, 0.4) is 0 Å². The van der Waals surface area contributed by atoms with Gasteiger partial charge in [-0.2, -0.15) is 0 Å². The fourth-order valence-electron chi connectivity index (χ4n) is 2.88. The molecule has 28 heavy (non-hydrogen) atoms. The molecule has 0 aliphatic carbocycles. The van der Waals surface area contributed by atoms with Crippen LogP contribution in [-0.4, -0.2) is 15.7 Å². The lowest BCUT2D eigenvalue weighted by Gasteiger charge is -2.18. The molecule has 0 bridgehead atoms. The first-order valence-electron chi connectivity index (χ1n) is 9.15. The zero-order valence-corrected chi connectivity index (χ0v) is 17.9. The lowest BCUT2D eigenvalue weighted by Crippen LogP contribution is -2.14. The Morgan fingerprint density at radius 3 is 2.29 bits per heavy atom. The van der Waals surface area contributed by atoms with Crippen LogP contribution in [0.4, 0.5) is 5.82 Å². The Hall–Kier alpha value is -2.30. The summed E-state index contributed by atoms with van der Waals surface area (Å²) in [5.74, 6) is 0.301. The third kappa shape index (κ3) is 4.40. The van der Waals surface area contributed by atoms with E-state index in [1.165, 1.54) is 5.56 Å². The molecular formula is C22H23Cl2N3O. The van der Waals surface area contributed by atoms with Crippen LogP contribution in [-0.2, 0) is 11.8 Å². The summed E-state index contributed by atoms with van der Waals surface area (Å²) < 4.78 is 1.76. The molecule has 0 spiro atoms. The van der Waals surface area contributed by atoms with E-state index in [0.717, 1.165) is 17.8 Å². The van der Waals surface area contributed by atoms with E-state index < -0.39 is 0 Å². The van der Waals surface area contributed by atoms with E-state index in [4.69, 9.17) is 23.2 Å². The first kappa shape index (κ1) is 20.4. The minimum atomic E-state index is -0.193. The number of nitrogens with one attached hydrogen (secondary N) is 1. The lowest BCUT2D eigenvalue weighted by molar-refractivity contribution is 0.102. The maximum absolute atomic E-state index is 12.6. The minimum Gasteiger partial charge on any atom is -0.305 e. The molecule has 3 rings (SSSR count). The van der Waals surface area contributed by atoms with Gasteiger partial charge in [-0.3, -0.25) is 4.79 Å². The Labute approximate surface area is 175 Å². The average Bonchev–Trinajstić information content (AvgIpc) is 3.06. The molecule has 1 N–H and O–H groups in total. The number of amides is 1. The van der Waals surface area contributed by atoms with Crippen molar-refractivity contribution in [3.63, 3.8) is 0 Å². The van der Waals surface area contributed by atoms with Gasteiger partial charge in [0.1, 0.15) is 0 Å². The fraction of sp³-hybridized carbons (Fsp3) is 0.273. The summed E-state index contributed by atoms with van der Waals surface area (Å²) in [6.45, 7) is 8.46. The minimum absolute atomic E-state index is 0.0453. The number of benzene rings is 2. The number of carbonyl (C=O) groups is 1. The normalized spacial score (nSPS) is 11.5. The van der Waals surface area contributed by atoms with Gasteiger partial charge in [0.05, 0.1) is 15.7 Å². The second kappa shape index (κ2) is 7.98. The molecule has 6 heteroatoms. The largest absolute Gasteiger partial charge is 0.305 e. The van der Waals surface area contributed by atoms with Gasteiger partial charge < -0.3 is 5.32 Å². The maximum atomic E-state index is 12.6. The highest BCUT2D eigenvalue weighted by Crippen LogP contribution is 2.26. The summed E-state index contributed by atoms with van der Waals surface area (Å²) in [7, 11) is 0. The molecule has 0 unspecified atom stereocenters. The second-order valence-electron chi connectivity index (χ2n) is 7.67. The van der Waals surface area contributed by atoms with Gasteiger partial charge in [0, 0.05) is 17.3 Å². The summed E-state index contributed by atoms with van der Waals surface area (Å²) in [6, 6.07) is 14.9. The number of hydrogen-bond acceptors (Lipinski definition) is 2. The molecule has 0 saturated heterocycles. The van der Waals surface area contributed by atoms with Crippen LogP contribution in [0.25, 0.3) is 5.69 Å². The zero-order chi connectivity index (χ0) is 20.5. The number of aromatic nitrogens is 2. The smallest absolute Gasteiger partial charge is 0.256 e. The molecule has 2 aromatic carbocycles. The summed E-state index contributed by atoms with van der Waals surface area (Å²) in [5.41, 5.74) is 3.57. The van der Waals surface area contributed by atoms with Gasteiger partial charge in [-0.1, -0.05) is 63.0 Å². The number of rotatable bonds is 4.